The number of alkyl halides is 3. The molecule has 0 saturated carbocycles. The number of nitrogens with zero attached hydrogens (tertiary/aromatic N) is 3. The van der Waals surface area contributed by atoms with Crippen LogP contribution in [0.4, 0.5) is 19.0 Å². The summed E-state index contributed by atoms with van der Waals surface area (Å²) in [5.74, 6) is -1.67. The van der Waals surface area contributed by atoms with Crippen molar-refractivity contribution < 1.29 is 28.2 Å². The Bertz CT molecular complexity index is 950. The van der Waals surface area contributed by atoms with Crippen LogP contribution in [-0.2, 0) is 11.2 Å². The first-order valence-electron chi connectivity index (χ1n) is 11.6. The van der Waals surface area contributed by atoms with Crippen molar-refractivity contribution >= 4 is 23.4 Å². The number of piperidine rings is 2. The molecule has 2 atom stereocenters. The van der Waals surface area contributed by atoms with Crippen molar-refractivity contribution in [2.75, 3.05) is 24.5 Å². The molecule has 2 aliphatic rings. The van der Waals surface area contributed by atoms with Gasteiger partial charge in [-0.2, -0.15) is 13.2 Å². The maximum absolute atomic E-state index is 10.7. The third kappa shape index (κ3) is 8.08. The van der Waals surface area contributed by atoms with Crippen molar-refractivity contribution in [2.24, 2.45) is 0 Å². The number of anilines is 1. The molecule has 2 N–H and O–H groups in total. The highest BCUT2D eigenvalue weighted by atomic mass is 35.5. The van der Waals surface area contributed by atoms with Gasteiger partial charge in [-0.15, -0.1) is 0 Å². The summed E-state index contributed by atoms with van der Waals surface area (Å²) in [4.78, 5) is 18.5. The monoisotopic (exact) mass is 513 g/mol. The quantitative estimate of drug-likeness (QED) is 0.612. The largest absolute Gasteiger partial charge is 0.490 e. The van der Waals surface area contributed by atoms with E-state index < -0.39 is 17.7 Å². The van der Waals surface area contributed by atoms with Crippen molar-refractivity contribution in [3.05, 3.63) is 59.2 Å². The van der Waals surface area contributed by atoms with E-state index in [0.717, 1.165) is 62.6 Å². The number of benzene rings is 1. The van der Waals surface area contributed by atoms with Crippen LogP contribution in [0, 0.1) is 0 Å². The molecule has 1 aromatic heterocycles. The fraction of sp³-hybridized carbons (Fsp3) is 0.520. The molecular formula is C25H31ClF3N3O3. The van der Waals surface area contributed by atoms with E-state index in [-0.39, 0.29) is 0 Å². The van der Waals surface area contributed by atoms with Crippen molar-refractivity contribution in [1.82, 2.24) is 9.88 Å². The molecule has 192 valence electrons. The maximum atomic E-state index is 10.7. The second-order valence-electron chi connectivity index (χ2n) is 9.38. The summed E-state index contributed by atoms with van der Waals surface area (Å²) in [5.41, 5.74) is 0.727. The van der Waals surface area contributed by atoms with E-state index in [1.54, 1.807) is 0 Å². The Morgan fingerprint density at radius 2 is 1.77 bits per heavy atom. The van der Waals surface area contributed by atoms with Crippen LogP contribution in [0.25, 0.3) is 0 Å². The lowest BCUT2D eigenvalue weighted by atomic mass is 9.83. The van der Waals surface area contributed by atoms with Gasteiger partial charge in [0.1, 0.15) is 5.82 Å². The summed E-state index contributed by atoms with van der Waals surface area (Å²) in [6.07, 6.45) is 1.73. The van der Waals surface area contributed by atoms with E-state index in [2.05, 4.69) is 39.0 Å². The highest BCUT2D eigenvalue weighted by Crippen LogP contribution is 2.33. The van der Waals surface area contributed by atoms with Crippen LogP contribution in [0.2, 0.25) is 5.02 Å². The second-order valence-corrected chi connectivity index (χ2v) is 9.82. The fourth-order valence-electron chi connectivity index (χ4n) is 4.81. The van der Waals surface area contributed by atoms with Crippen LogP contribution >= 0.6 is 11.6 Å². The summed E-state index contributed by atoms with van der Waals surface area (Å²) in [5, 5.41) is 18.6. The molecule has 0 spiro atoms. The highest BCUT2D eigenvalue weighted by molar-refractivity contribution is 6.30. The Morgan fingerprint density at radius 1 is 1.14 bits per heavy atom. The number of carbonyl (C=O) groups is 1. The minimum atomic E-state index is -5.08. The van der Waals surface area contributed by atoms with E-state index in [0.29, 0.717) is 12.1 Å². The molecule has 2 saturated heterocycles. The Balaban J connectivity index is 0.000000429. The zero-order valence-corrected chi connectivity index (χ0v) is 20.3. The SMILES string of the molecule is CC1(O)CCN(C2CCN(c3ccccn3)CC2)[C@@H](Cc2ccc(Cl)cc2)C1.O=C(O)C(F)(F)F. The van der Waals surface area contributed by atoms with Gasteiger partial charge in [0, 0.05) is 42.9 Å². The number of carboxylic acid groups (broad SMARTS) is 1. The number of halogens is 4. The van der Waals surface area contributed by atoms with Gasteiger partial charge in [-0.05, 0) is 68.9 Å². The fourth-order valence-corrected chi connectivity index (χ4v) is 4.94. The minimum Gasteiger partial charge on any atom is -0.475 e. The summed E-state index contributed by atoms with van der Waals surface area (Å²) in [7, 11) is 0. The molecule has 4 rings (SSSR count). The standard InChI is InChI=1S/C23H30ClN3O.C2HF3O2/c1-23(28)11-15-27(21(17-23)16-18-5-7-19(24)8-6-18)20-9-13-26(14-10-20)22-4-2-3-12-25-22;3-2(4,5)1(6)7/h2-8,12,20-21,28H,9-11,13-17H2,1H3;(H,6,7)/t21-,23?;/m0./s1. The Kier molecular flexibility index (Phi) is 9.01. The van der Waals surface area contributed by atoms with Crippen molar-refractivity contribution in [2.45, 2.75) is 62.9 Å². The Morgan fingerprint density at radius 3 is 2.31 bits per heavy atom. The maximum Gasteiger partial charge on any atom is 0.490 e. The third-order valence-corrected chi connectivity index (χ3v) is 6.84. The van der Waals surface area contributed by atoms with Gasteiger partial charge in [0.15, 0.2) is 0 Å². The number of rotatable bonds is 4. The summed E-state index contributed by atoms with van der Waals surface area (Å²) in [6, 6.07) is 15.2. The summed E-state index contributed by atoms with van der Waals surface area (Å²) in [6.45, 7) is 5.05. The average molecular weight is 514 g/mol. The van der Waals surface area contributed by atoms with Crippen LogP contribution < -0.4 is 4.90 Å². The predicted molar refractivity (Wildman–Crippen MR) is 129 cm³/mol. The number of aliphatic carboxylic acids is 1. The van der Waals surface area contributed by atoms with Gasteiger partial charge in [0.05, 0.1) is 5.60 Å². The van der Waals surface area contributed by atoms with Gasteiger partial charge >= 0.3 is 12.1 Å². The lowest BCUT2D eigenvalue weighted by Crippen LogP contribution is -2.56. The van der Waals surface area contributed by atoms with Crippen LogP contribution in [-0.4, -0.2) is 69.6 Å². The molecule has 2 fully saturated rings. The van der Waals surface area contributed by atoms with E-state index >= 15 is 0 Å². The van der Waals surface area contributed by atoms with Gasteiger partial charge < -0.3 is 15.1 Å². The molecule has 0 radical (unpaired) electrons. The van der Waals surface area contributed by atoms with E-state index in [4.69, 9.17) is 21.5 Å². The number of aliphatic hydroxyl groups is 1. The number of pyridine rings is 1. The molecule has 35 heavy (non-hydrogen) atoms. The van der Waals surface area contributed by atoms with Crippen molar-refractivity contribution in [3.8, 4) is 0 Å². The second kappa shape index (κ2) is 11.6. The number of hydrogen-bond acceptors (Lipinski definition) is 5. The molecule has 0 amide bonds. The zero-order chi connectivity index (χ0) is 25.6. The average Bonchev–Trinajstić information content (AvgIpc) is 2.81. The zero-order valence-electron chi connectivity index (χ0n) is 19.6. The van der Waals surface area contributed by atoms with E-state index in [1.165, 1.54) is 5.56 Å². The summed E-state index contributed by atoms with van der Waals surface area (Å²) < 4.78 is 31.7. The lowest BCUT2D eigenvalue weighted by molar-refractivity contribution is -0.192. The van der Waals surface area contributed by atoms with Gasteiger partial charge in [-0.1, -0.05) is 29.8 Å². The number of hydrogen-bond donors (Lipinski definition) is 2. The molecule has 1 unspecified atom stereocenters. The smallest absolute Gasteiger partial charge is 0.475 e. The van der Waals surface area contributed by atoms with E-state index in [1.807, 2.05) is 31.3 Å². The van der Waals surface area contributed by atoms with Gasteiger partial charge in [-0.25, -0.2) is 9.78 Å². The molecule has 3 heterocycles. The Labute approximate surface area is 208 Å². The molecular weight excluding hydrogens is 483 g/mol. The molecule has 10 heteroatoms. The molecule has 0 bridgehead atoms. The number of aromatic nitrogens is 1. The molecule has 0 aliphatic carbocycles. The van der Waals surface area contributed by atoms with Gasteiger partial charge in [-0.3, -0.25) is 4.90 Å². The van der Waals surface area contributed by atoms with Gasteiger partial charge in [0.2, 0.25) is 0 Å². The first-order chi connectivity index (χ1) is 16.4. The third-order valence-electron chi connectivity index (χ3n) is 6.59. The first-order valence-corrected chi connectivity index (χ1v) is 12.0. The first kappa shape index (κ1) is 27.2. The van der Waals surface area contributed by atoms with Crippen LogP contribution in [0.15, 0.2) is 48.7 Å². The van der Waals surface area contributed by atoms with Crippen LogP contribution in [0.5, 0.6) is 0 Å². The van der Waals surface area contributed by atoms with Crippen LogP contribution in [0.1, 0.15) is 38.2 Å². The summed E-state index contributed by atoms with van der Waals surface area (Å²) >= 11 is 6.05. The predicted octanol–water partition coefficient (Wildman–Crippen LogP) is 4.80. The molecule has 6 nitrogen and oxygen atoms in total. The number of carboxylic acids is 1. The minimum absolute atomic E-state index is 0.372. The van der Waals surface area contributed by atoms with E-state index in [9.17, 15) is 18.3 Å². The topological polar surface area (TPSA) is 76.9 Å². The normalized spacial score (nSPS) is 23.9. The Hall–Kier alpha value is -2.36. The molecule has 2 aromatic rings. The van der Waals surface area contributed by atoms with Crippen molar-refractivity contribution in [1.29, 1.82) is 0 Å². The number of likely N-dealkylation sites (tertiary alicyclic amines) is 1. The van der Waals surface area contributed by atoms with Crippen molar-refractivity contribution in [3.63, 3.8) is 0 Å². The highest BCUT2D eigenvalue weighted by Gasteiger charge is 2.39. The van der Waals surface area contributed by atoms with Crippen LogP contribution in [0.3, 0.4) is 0 Å². The molecule has 2 aliphatic heterocycles. The lowest BCUT2D eigenvalue weighted by Gasteiger charge is -2.48. The van der Waals surface area contributed by atoms with Gasteiger partial charge in [0.25, 0.3) is 0 Å². The molecule has 1 aromatic carbocycles.